The molecule has 29 heavy (non-hydrogen) atoms. The lowest BCUT2D eigenvalue weighted by Crippen LogP contribution is -2.67. The Balaban J connectivity index is 1.99. The number of carbonyl (C=O) groups excluding carboxylic acids is 1. The zero-order chi connectivity index (χ0) is 20.9. The second kappa shape index (κ2) is 9.10. The number of cyclic esters (lactones) is 1. The molecule has 1 fully saturated rings. The lowest BCUT2D eigenvalue weighted by Gasteiger charge is -2.44. The van der Waals surface area contributed by atoms with Gasteiger partial charge in [-0.1, -0.05) is 87.5 Å². The van der Waals surface area contributed by atoms with Crippen LogP contribution in [0.5, 0.6) is 0 Å². The molecule has 0 saturated carbocycles. The third-order valence-electron chi connectivity index (χ3n) is 6.00. The van der Waals surface area contributed by atoms with E-state index in [1.54, 1.807) is 0 Å². The van der Waals surface area contributed by atoms with Crippen LogP contribution in [0.15, 0.2) is 73.3 Å². The largest absolute Gasteiger partial charge is 0.466 e. The Bertz CT molecular complexity index is 771. The second-order valence-corrected chi connectivity index (χ2v) is 13.2. The summed E-state index contributed by atoms with van der Waals surface area (Å²) in [6, 6.07) is 21.3. The second-order valence-electron chi connectivity index (χ2n) is 8.85. The summed E-state index contributed by atoms with van der Waals surface area (Å²) >= 11 is 0. The van der Waals surface area contributed by atoms with E-state index in [4.69, 9.17) is 9.16 Å². The molecule has 2 atom stereocenters. The monoisotopic (exact) mass is 408 g/mol. The van der Waals surface area contributed by atoms with Crippen molar-refractivity contribution in [2.45, 2.75) is 38.7 Å². The number of hydrogen-bond donors (Lipinski definition) is 0. The zero-order valence-corrected chi connectivity index (χ0v) is 18.8. The molecule has 0 N–H and O–H groups in total. The van der Waals surface area contributed by atoms with Crippen LogP contribution >= 0.6 is 0 Å². The fourth-order valence-corrected chi connectivity index (χ4v) is 9.04. The summed E-state index contributed by atoms with van der Waals surface area (Å²) in [4.78, 5) is 11.8. The molecule has 1 aliphatic heterocycles. The minimum Gasteiger partial charge on any atom is -0.466 e. The van der Waals surface area contributed by atoms with Crippen molar-refractivity contribution in [3.63, 3.8) is 0 Å². The number of benzene rings is 2. The number of ether oxygens (including phenoxy) is 1. The third-order valence-corrected chi connectivity index (χ3v) is 11.0. The van der Waals surface area contributed by atoms with Crippen molar-refractivity contribution < 1.29 is 14.0 Å². The van der Waals surface area contributed by atoms with E-state index in [9.17, 15) is 4.79 Å². The van der Waals surface area contributed by atoms with Crippen LogP contribution in [0.2, 0.25) is 5.04 Å². The van der Waals surface area contributed by atoms with Crippen LogP contribution in [0.1, 0.15) is 33.6 Å². The van der Waals surface area contributed by atoms with Crippen LogP contribution in [0.3, 0.4) is 0 Å². The molecular weight excluding hydrogens is 376 g/mol. The van der Waals surface area contributed by atoms with Gasteiger partial charge in [0.1, 0.15) is 0 Å². The average Bonchev–Trinajstić information content (AvgIpc) is 2.72. The Kier molecular flexibility index (Phi) is 6.76. The van der Waals surface area contributed by atoms with Gasteiger partial charge in [0.25, 0.3) is 8.32 Å². The fourth-order valence-electron chi connectivity index (χ4n) is 4.44. The maximum atomic E-state index is 11.8. The van der Waals surface area contributed by atoms with E-state index in [-0.39, 0.29) is 22.8 Å². The average molecular weight is 409 g/mol. The SMILES string of the molecule is C=C[C@@H](CO[Si](c1ccccc1)(c1ccccc1)C(C)(C)C)[C@@H]1CCOC(=O)C1. The molecule has 0 amide bonds. The van der Waals surface area contributed by atoms with E-state index < -0.39 is 8.32 Å². The van der Waals surface area contributed by atoms with Gasteiger partial charge in [-0.2, -0.15) is 0 Å². The topological polar surface area (TPSA) is 35.5 Å². The third kappa shape index (κ3) is 4.54. The highest BCUT2D eigenvalue weighted by atomic mass is 28.4. The Morgan fingerprint density at radius 1 is 1.10 bits per heavy atom. The van der Waals surface area contributed by atoms with Crippen LogP contribution in [0, 0.1) is 11.8 Å². The Labute approximate surface area is 175 Å². The standard InChI is InChI=1S/C25H32O3Si/c1-5-20(21-16-17-27-24(26)18-21)19-28-29(25(2,3)4,22-12-8-6-9-13-22)23-14-10-7-11-15-23/h5-15,20-21H,1,16-19H2,2-4H3/t20-,21+/m0/s1. The van der Waals surface area contributed by atoms with Gasteiger partial charge in [0.15, 0.2) is 0 Å². The molecule has 0 aromatic heterocycles. The molecule has 0 radical (unpaired) electrons. The predicted molar refractivity (Wildman–Crippen MR) is 121 cm³/mol. The summed E-state index contributed by atoms with van der Waals surface area (Å²) in [5.41, 5.74) is 0. The number of esters is 1. The van der Waals surface area contributed by atoms with Gasteiger partial charge in [-0.05, 0) is 27.8 Å². The van der Waals surface area contributed by atoms with E-state index in [2.05, 4.69) is 88.0 Å². The molecule has 1 aliphatic rings. The van der Waals surface area contributed by atoms with Crippen molar-refractivity contribution in [3.05, 3.63) is 73.3 Å². The lowest BCUT2D eigenvalue weighted by atomic mass is 9.86. The van der Waals surface area contributed by atoms with Gasteiger partial charge in [0, 0.05) is 18.9 Å². The molecule has 2 aromatic rings. The molecule has 3 rings (SSSR count). The quantitative estimate of drug-likeness (QED) is 0.389. The zero-order valence-electron chi connectivity index (χ0n) is 17.8. The van der Waals surface area contributed by atoms with E-state index >= 15 is 0 Å². The molecule has 0 spiro atoms. The molecule has 2 aromatic carbocycles. The predicted octanol–water partition coefficient (Wildman–Crippen LogP) is 4.32. The lowest BCUT2D eigenvalue weighted by molar-refractivity contribution is -0.150. The first-order chi connectivity index (χ1) is 13.9. The first kappa shape index (κ1) is 21.5. The van der Waals surface area contributed by atoms with Gasteiger partial charge >= 0.3 is 5.97 Å². The molecule has 4 heteroatoms. The summed E-state index contributed by atoms with van der Waals surface area (Å²) < 4.78 is 12.2. The summed E-state index contributed by atoms with van der Waals surface area (Å²) in [6.45, 7) is 11.9. The molecule has 1 saturated heterocycles. The highest BCUT2D eigenvalue weighted by molar-refractivity contribution is 6.99. The highest BCUT2D eigenvalue weighted by Gasteiger charge is 2.50. The first-order valence-electron chi connectivity index (χ1n) is 10.4. The summed E-state index contributed by atoms with van der Waals surface area (Å²) in [5, 5.41) is 2.47. The van der Waals surface area contributed by atoms with Crippen LogP contribution in [-0.2, 0) is 14.0 Å². The minimum absolute atomic E-state index is 0.0626. The molecule has 154 valence electrons. The van der Waals surface area contributed by atoms with Crippen molar-refractivity contribution in [1.29, 1.82) is 0 Å². The van der Waals surface area contributed by atoms with Gasteiger partial charge in [-0.3, -0.25) is 4.79 Å². The number of rotatable bonds is 7. The van der Waals surface area contributed by atoms with Crippen LogP contribution in [0.4, 0.5) is 0 Å². The van der Waals surface area contributed by atoms with Crippen molar-refractivity contribution in [1.82, 2.24) is 0 Å². The number of carbonyl (C=O) groups is 1. The van der Waals surface area contributed by atoms with Crippen LogP contribution in [0.25, 0.3) is 0 Å². The Hall–Kier alpha value is -2.17. The summed E-state index contributed by atoms with van der Waals surface area (Å²) in [6.07, 6.45) is 3.27. The number of hydrogen-bond acceptors (Lipinski definition) is 3. The van der Waals surface area contributed by atoms with Gasteiger partial charge in [0.05, 0.1) is 6.61 Å². The molecular formula is C25H32O3Si. The maximum absolute atomic E-state index is 11.8. The van der Waals surface area contributed by atoms with Crippen molar-refractivity contribution in [2.24, 2.45) is 11.8 Å². The van der Waals surface area contributed by atoms with E-state index in [1.807, 2.05) is 6.08 Å². The van der Waals surface area contributed by atoms with Gasteiger partial charge < -0.3 is 9.16 Å². The minimum atomic E-state index is -2.57. The Morgan fingerprint density at radius 2 is 1.66 bits per heavy atom. The first-order valence-corrected chi connectivity index (χ1v) is 12.3. The molecule has 0 unspecified atom stereocenters. The maximum Gasteiger partial charge on any atom is 0.306 e. The summed E-state index contributed by atoms with van der Waals surface area (Å²) in [7, 11) is -2.57. The Morgan fingerprint density at radius 3 is 2.10 bits per heavy atom. The van der Waals surface area contributed by atoms with Crippen LogP contribution in [-0.4, -0.2) is 27.5 Å². The van der Waals surface area contributed by atoms with Gasteiger partial charge in [-0.15, -0.1) is 6.58 Å². The van der Waals surface area contributed by atoms with Gasteiger partial charge in [-0.25, -0.2) is 0 Å². The van der Waals surface area contributed by atoms with Crippen molar-refractivity contribution >= 4 is 24.7 Å². The fraction of sp³-hybridized carbons (Fsp3) is 0.400. The van der Waals surface area contributed by atoms with E-state index in [0.29, 0.717) is 19.6 Å². The van der Waals surface area contributed by atoms with Crippen LogP contribution < -0.4 is 10.4 Å². The molecule has 1 heterocycles. The normalized spacial score (nSPS) is 18.7. The summed E-state index contributed by atoms with van der Waals surface area (Å²) in [5.74, 6) is 0.245. The van der Waals surface area contributed by atoms with E-state index in [0.717, 1.165) is 6.42 Å². The molecule has 3 nitrogen and oxygen atoms in total. The molecule has 0 bridgehead atoms. The smallest absolute Gasteiger partial charge is 0.306 e. The highest BCUT2D eigenvalue weighted by Crippen LogP contribution is 2.38. The van der Waals surface area contributed by atoms with Crippen molar-refractivity contribution in [3.8, 4) is 0 Å². The van der Waals surface area contributed by atoms with E-state index in [1.165, 1.54) is 10.4 Å². The molecule has 0 aliphatic carbocycles. The van der Waals surface area contributed by atoms with Crippen molar-refractivity contribution in [2.75, 3.05) is 13.2 Å². The van der Waals surface area contributed by atoms with Gasteiger partial charge in [0.2, 0.25) is 0 Å².